The van der Waals surface area contributed by atoms with Crippen LogP contribution >= 0.6 is 0 Å². The van der Waals surface area contributed by atoms with Crippen molar-refractivity contribution in [3.63, 3.8) is 0 Å². The van der Waals surface area contributed by atoms with Gasteiger partial charge in [-0.05, 0) is 17.7 Å². The van der Waals surface area contributed by atoms with Gasteiger partial charge in [0.25, 0.3) is 0 Å². The summed E-state index contributed by atoms with van der Waals surface area (Å²) in [4.78, 5) is 0. The van der Waals surface area contributed by atoms with Crippen LogP contribution in [-0.2, 0) is 6.54 Å². The molecule has 0 bridgehead atoms. The first kappa shape index (κ1) is 13.1. The quantitative estimate of drug-likeness (QED) is 0.592. The molecule has 0 radical (unpaired) electrons. The van der Waals surface area contributed by atoms with E-state index in [4.69, 9.17) is 5.11 Å². The van der Waals surface area contributed by atoms with E-state index < -0.39 is 17.5 Å². The number of hydrogen-bond donors (Lipinski definition) is 3. The molecule has 0 aliphatic rings. The van der Waals surface area contributed by atoms with E-state index in [1.807, 2.05) is 0 Å². The van der Waals surface area contributed by atoms with Crippen LogP contribution in [-0.4, -0.2) is 10.2 Å². The molecule has 6 heteroatoms. The number of benzene rings is 2. The van der Waals surface area contributed by atoms with E-state index in [-0.39, 0.29) is 23.7 Å². The van der Waals surface area contributed by atoms with Gasteiger partial charge in [0.05, 0.1) is 5.69 Å². The van der Waals surface area contributed by atoms with E-state index >= 15 is 0 Å². The average molecular weight is 269 g/mol. The first-order valence-electron chi connectivity index (χ1n) is 5.36. The molecule has 0 heterocycles. The number of aromatic hydroxyl groups is 2. The number of nitrogens with one attached hydrogen (secondary N) is 1. The molecule has 2 aromatic carbocycles. The Labute approximate surface area is 106 Å². The third kappa shape index (κ3) is 2.90. The summed E-state index contributed by atoms with van der Waals surface area (Å²) in [5, 5.41) is 21.0. The van der Waals surface area contributed by atoms with Gasteiger partial charge in [-0.25, -0.2) is 13.2 Å². The summed E-state index contributed by atoms with van der Waals surface area (Å²) in [7, 11) is 0. The zero-order chi connectivity index (χ0) is 14.0. The average Bonchev–Trinajstić information content (AvgIpc) is 2.36. The van der Waals surface area contributed by atoms with Gasteiger partial charge in [0, 0.05) is 18.7 Å². The Balaban J connectivity index is 2.14. The van der Waals surface area contributed by atoms with Crippen molar-refractivity contribution < 1.29 is 23.4 Å². The molecule has 0 fully saturated rings. The van der Waals surface area contributed by atoms with Crippen molar-refractivity contribution >= 4 is 5.69 Å². The third-order valence-corrected chi connectivity index (χ3v) is 2.53. The summed E-state index contributed by atoms with van der Waals surface area (Å²) in [5.41, 5.74) is 0.353. The first-order chi connectivity index (χ1) is 8.97. The van der Waals surface area contributed by atoms with Gasteiger partial charge in [-0.2, -0.15) is 0 Å². The van der Waals surface area contributed by atoms with Gasteiger partial charge < -0.3 is 15.5 Å². The largest absolute Gasteiger partial charge is 0.504 e. The summed E-state index contributed by atoms with van der Waals surface area (Å²) in [6.07, 6.45) is 0. The van der Waals surface area contributed by atoms with Crippen LogP contribution in [0.25, 0.3) is 0 Å². The topological polar surface area (TPSA) is 52.5 Å². The molecule has 2 aromatic rings. The molecule has 0 aliphatic heterocycles. The second-order valence-electron chi connectivity index (χ2n) is 3.92. The fraction of sp³-hybridized carbons (Fsp3) is 0.0769. The molecule has 3 N–H and O–H groups in total. The molecule has 0 spiro atoms. The van der Waals surface area contributed by atoms with Crippen LogP contribution in [0, 0.1) is 17.5 Å². The Morgan fingerprint density at radius 1 is 0.842 bits per heavy atom. The molecule has 100 valence electrons. The molecule has 0 amide bonds. The lowest BCUT2D eigenvalue weighted by Crippen LogP contribution is -2.03. The maximum Gasteiger partial charge on any atom is 0.161 e. The van der Waals surface area contributed by atoms with Gasteiger partial charge in [0.15, 0.2) is 23.1 Å². The van der Waals surface area contributed by atoms with Gasteiger partial charge in [0.2, 0.25) is 0 Å². The molecule has 2 rings (SSSR count). The van der Waals surface area contributed by atoms with Gasteiger partial charge in [-0.1, -0.05) is 6.07 Å². The van der Waals surface area contributed by atoms with Crippen LogP contribution in [0.1, 0.15) is 5.56 Å². The molecule has 0 unspecified atom stereocenters. The number of phenols is 2. The van der Waals surface area contributed by atoms with Crippen LogP contribution in [0.15, 0.2) is 30.3 Å². The molecule has 0 aliphatic carbocycles. The first-order valence-corrected chi connectivity index (χ1v) is 5.36. The Bertz CT molecular complexity index is 617. The minimum absolute atomic E-state index is 0.0792. The summed E-state index contributed by atoms with van der Waals surface area (Å²) >= 11 is 0. The SMILES string of the molecule is Oc1ccc(CNc2cc(F)c(F)cc2F)cc1O. The summed E-state index contributed by atoms with van der Waals surface area (Å²) in [6.45, 7) is 0.0792. The smallest absolute Gasteiger partial charge is 0.161 e. The molecule has 0 atom stereocenters. The highest BCUT2D eigenvalue weighted by Gasteiger charge is 2.09. The van der Waals surface area contributed by atoms with Crippen molar-refractivity contribution in [3.05, 3.63) is 53.3 Å². The minimum atomic E-state index is -1.26. The highest BCUT2D eigenvalue weighted by atomic mass is 19.2. The number of hydrogen-bond acceptors (Lipinski definition) is 3. The van der Waals surface area contributed by atoms with Crippen molar-refractivity contribution in [3.8, 4) is 11.5 Å². The maximum absolute atomic E-state index is 13.3. The van der Waals surface area contributed by atoms with Crippen molar-refractivity contribution in [2.24, 2.45) is 0 Å². The van der Waals surface area contributed by atoms with Gasteiger partial charge >= 0.3 is 0 Å². The van der Waals surface area contributed by atoms with Crippen LogP contribution in [0.4, 0.5) is 18.9 Å². The molecule has 0 saturated heterocycles. The van der Waals surface area contributed by atoms with Gasteiger partial charge in [0.1, 0.15) is 5.82 Å². The normalized spacial score (nSPS) is 10.5. The summed E-state index contributed by atoms with van der Waals surface area (Å²) < 4.78 is 39.0. The Morgan fingerprint density at radius 2 is 1.53 bits per heavy atom. The van der Waals surface area contributed by atoms with E-state index in [9.17, 15) is 18.3 Å². The lowest BCUT2D eigenvalue weighted by Gasteiger charge is -2.09. The van der Waals surface area contributed by atoms with Crippen LogP contribution in [0.3, 0.4) is 0 Å². The van der Waals surface area contributed by atoms with E-state index in [2.05, 4.69) is 5.32 Å². The van der Waals surface area contributed by atoms with E-state index in [1.54, 1.807) is 0 Å². The lowest BCUT2D eigenvalue weighted by atomic mass is 10.2. The second-order valence-corrected chi connectivity index (χ2v) is 3.92. The summed E-state index contributed by atoms with van der Waals surface area (Å²) in [6, 6.07) is 5.21. The maximum atomic E-state index is 13.3. The molecular formula is C13H10F3NO2. The zero-order valence-electron chi connectivity index (χ0n) is 9.62. The van der Waals surface area contributed by atoms with Crippen molar-refractivity contribution in [1.82, 2.24) is 0 Å². The summed E-state index contributed by atoms with van der Waals surface area (Å²) in [5.74, 6) is -3.92. The van der Waals surface area contributed by atoms with Gasteiger partial charge in [-0.3, -0.25) is 0 Å². The Kier molecular flexibility index (Phi) is 3.50. The number of rotatable bonds is 3. The standard InChI is InChI=1S/C13H10F3NO2/c14-8-4-10(16)11(5-9(8)15)17-6-7-1-2-12(18)13(19)3-7/h1-5,17-19H,6H2. The molecular weight excluding hydrogens is 259 g/mol. The predicted molar refractivity (Wildman–Crippen MR) is 63.4 cm³/mol. The molecule has 19 heavy (non-hydrogen) atoms. The van der Waals surface area contributed by atoms with E-state index in [0.717, 1.165) is 0 Å². The van der Waals surface area contributed by atoms with Gasteiger partial charge in [-0.15, -0.1) is 0 Å². The third-order valence-electron chi connectivity index (χ3n) is 2.53. The highest BCUT2D eigenvalue weighted by molar-refractivity contribution is 5.47. The lowest BCUT2D eigenvalue weighted by molar-refractivity contribution is 0.403. The Hall–Kier alpha value is -2.37. The molecule has 3 nitrogen and oxygen atoms in total. The van der Waals surface area contributed by atoms with Crippen LogP contribution < -0.4 is 5.32 Å². The molecule has 0 aromatic heterocycles. The predicted octanol–water partition coefficient (Wildman–Crippen LogP) is 3.13. The van der Waals surface area contributed by atoms with E-state index in [0.29, 0.717) is 17.7 Å². The van der Waals surface area contributed by atoms with Crippen molar-refractivity contribution in [2.75, 3.05) is 5.32 Å². The highest BCUT2D eigenvalue weighted by Crippen LogP contribution is 2.25. The Morgan fingerprint density at radius 3 is 2.21 bits per heavy atom. The van der Waals surface area contributed by atoms with Crippen LogP contribution in [0.5, 0.6) is 11.5 Å². The monoisotopic (exact) mass is 269 g/mol. The number of anilines is 1. The van der Waals surface area contributed by atoms with E-state index in [1.165, 1.54) is 18.2 Å². The molecule has 0 saturated carbocycles. The second kappa shape index (κ2) is 5.09. The number of halogens is 3. The zero-order valence-corrected chi connectivity index (χ0v) is 9.62. The number of phenolic OH excluding ortho intramolecular Hbond substituents is 2. The van der Waals surface area contributed by atoms with Crippen LogP contribution in [0.2, 0.25) is 0 Å². The fourth-order valence-electron chi connectivity index (χ4n) is 1.53. The van der Waals surface area contributed by atoms with Crippen molar-refractivity contribution in [2.45, 2.75) is 6.54 Å². The van der Waals surface area contributed by atoms with Crippen molar-refractivity contribution in [1.29, 1.82) is 0 Å². The fourth-order valence-corrected chi connectivity index (χ4v) is 1.53. The minimum Gasteiger partial charge on any atom is -0.504 e.